The number of amidine groups is 2. The fourth-order valence-corrected chi connectivity index (χ4v) is 5.14. The summed E-state index contributed by atoms with van der Waals surface area (Å²) in [7, 11) is 0. The van der Waals surface area contributed by atoms with Crippen molar-refractivity contribution >= 4 is 56.9 Å². The highest BCUT2D eigenvalue weighted by Crippen LogP contribution is 2.34. The molecular formula is C24H16N4O4S2. The number of carbonyl (C=O) groups is 2. The normalized spacial score (nSPS) is 16.5. The van der Waals surface area contributed by atoms with Gasteiger partial charge in [-0.1, -0.05) is 54.2 Å². The maximum atomic E-state index is 12.6. The molecule has 0 atom stereocenters. The number of aliphatic imine (C=N–C) groups is 1. The van der Waals surface area contributed by atoms with E-state index in [1.54, 1.807) is 24.3 Å². The maximum Gasteiger partial charge on any atom is 0.335 e. The summed E-state index contributed by atoms with van der Waals surface area (Å²) in [5.41, 5.74) is 2.10. The Labute approximate surface area is 202 Å². The molecule has 0 fully saturated rings. The van der Waals surface area contributed by atoms with E-state index in [0.29, 0.717) is 26.6 Å². The number of thioether (sulfide) groups is 2. The van der Waals surface area contributed by atoms with Gasteiger partial charge < -0.3 is 9.52 Å². The minimum absolute atomic E-state index is 0.0680. The van der Waals surface area contributed by atoms with E-state index in [2.05, 4.69) is 10.1 Å². The average Bonchev–Trinajstić information content (AvgIpc) is 3.48. The van der Waals surface area contributed by atoms with Crippen LogP contribution in [0.1, 0.15) is 21.7 Å². The Morgan fingerprint density at radius 3 is 2.62 bits per heavy atom. The van der Waals surface area contributed by atoms with Gasteiger partial charge in [0.05, 0.1) is 11.1 Å². The van der Waals surface area contributed by atoms with Crippen molar-refractivity contribution in [3.05, 3.63) is 89.2 Å². The van der Waals surface area contributed by atoms with Crippen molar-refractivity contribution in [3.8, 4) is 11.3 Å². The average molecular weight is 489 g/mol. The first-order valence-electron chi connectivity index (χ1n) is 10.1. The Bertz CT molecular complexity index is 1390. The van der Waals surface area contributed by atoms with Crippen molar-refractivity contribution < 1.29 is 19.1 Å². The van der Waals surface area contributed by atoms with E-state index in [4.69, 9.17) is 14.9 Å². The van der Waals surface area contributed by atoms with Crippen LogP contribution in [-0.2, 0) is 10.5 Å². The van der Waals surface area contributed by atoms with E-state index in [-0.39, 0.29) is 17.0 Å². The summed E-state index contributed by atoms with van der Waals surface area (Å²) in [4.78, 5) is 27.8. The lowest BCUT2D eigenvalue weighted by Crippen LogP contribution is -2.35. The quantitative estimate of drug-likeness (QED) is 0.476. The highest BCUT2D eigenvalue weighted by atomic mass is 32.2. The van der Waals surface area contributed by atoms with Crippen molar-refractivity contribution in [2.24, 2.45) is 10.1 Å². The number of hydrogen-bond acceptors (Lipinski definition) is 7. The van der Waals surface area contributed by atoms with Gasteiger partial charge in [0.25, 0.3) is 5.91 Å². The van der Waals surface area contributed by atoms with Gasteiger partial charge in [-0.05, 0) is 47.7 Å². The molecular weight excluding hydrogens is 472 g/mol. The Morgan fingerprint density at radius 1 is 1.12 bits per heavy atom. The molecule has 2 aliphatic rings. The fraction of sp³-hybridized carbons (Fsp3) is 0.0417. The van der Waals surface area contributed by atoms with Crippen LogP contribution in [0.4, 0.5) is 0 Å². The van der Waals surface area contributed by atoms with Crippen molar-refractivity contribution in [1.29, 1.82) is 5.41 Å². The largest absolute Gasteiger partial charge is 0.478 e. The summed E-state index contributed by atoms with van der Waals surface area (Å²) in [6, 6.07) is 19.6. The number of benzene rings is 2. The number of rotatable bonds is 5. The SMILES string of the molecule is N=C1C(=Cc2ccc(-c3ccc(C(=O)O)cc3)o2)C(=O)N=C2SC(SCc3ccccc3)=NN12. The first-order valence-corrected chi connectivity index (χ1v) is 11.9. The number of nitrogens with zero attached hydrogens (tertiary/aromatic N) is 3. The number of hydrogen-bond donors (Lipinski definition) is 2. The number of carboxylic acids is 1. The van der Waals surface area contributed by atoms with E-state index >= 15 is 0 Å². The number of carboxylic acid groups (broad SMARTS) is 1. The Hall–Kier alpha value is -3.89. The van der Waals surface area contributed by atoms with Gasteiger partial charge in [-0.3, -0.25) is 10.2 Å². The van der Waals surface area contributed by atoms with Gasteiger partial charge in [-0.25, -0.2) is 4.79 Å². The van der Waals surface area contributed by atoms with Gasteiger partial charge in [-0.15, -0.1) is 5.10 Å². The number of hydrazone groups is 1. The molecule has 1 aromatic heterocycles. The third kappa shape index (κ3) is 4.45. The van der Waals surface area contributed by atoms with Gasteiger partial charge in [0.15, 0.2) is 10.2 Å². The topological polar surface area (TPSA) is 119 Å². The molecule has 3 heterocycles. The lowest BCUT2D eigenvalue weighted by Gasteiger charge is -2.19. The Kier molecular flexibility index (Phi) is 5.91. The summed E-state index contributed by atoms with van der Waals surface area (Å²) in [6.45, 7) is 0. The molecule has 0 spiro atoms. The molecule has 34 heavy (non-hydrogen) atoms. The lowest BCUT2D eigenvalue weighted by atomic mass is 10.1. The number of fused-ring (bicyclic) bond motifs is 1. The molecule has 2 aliphatic heterocycles. The molecule has 1 amide bonds. The Morgan fingerprint density at radius 2 is 1.88 bits per heavy atom. The molecule has 2 N–H and O–H groups in total. The van der Waals surface area contributed by atoms with Gasteiger partial charge in [-0.2, -0.15) is 10.0 Å². The van der Waals surface area contributed by atoms with Crippen LogP contribution in [0.5, 0.6) is 0 Å². The highest BCUT2D eigenvalue weighted by molar-refractivity contribution is 8.45. The second kappa shape index (κ2) is 9.16. The summed E-state index contributed by atoms with van der Waals surface area (Å²) in [5.74, 6) is 0.00436. The Balaban J connectivity index is 1.33. The molecule has 5 rings (SSSR count). The molecule has 0 radical (unpaired) electrons. The summed E-state index contributed by atoms with van der Waals surface area (Å²) < 4.78 is 6.52. The van der Waals surface area contributed by atoms with Crippen LogP contribution in [0.15, 0.2) is 86.8 Å². The zero-order chi connectivity index (χ0) is 23.7. The van der Waals surface area contributed by atoms with Crippen LogP contribution in [0.3, 0.4) is 0 Å². The summed E-state index contributed by atoms with van der Waals surface area (Å²) in [6.07, 6.45) is 1.47. The fourth-order valence-electron chi connectivity index (χ4n) is 3.26. The number of amides is 1. The molecule has 0 bridgehead atoms. The second-order valence-electron chi connectivity index (χ2n) is 7.24. The number of carbonyl (C=O) groups excluding carboxylic acids is 1. The van der Waals surface area contributed by atoms with E-state index in [1.807, 2.05) is 30.3 Å². The standard InChI is InChI=1S/C24H16N4O4S2/c25-20-18(12-17-10-11-19(32-17)15-6-8-16(9-7-15)22(30)31)21(29)26-23-28(20)27-24(34-23)33-13-14-4-2-1-3-5-14/h1-12,25H,13H2,(H,30,31). The maximum absolute atomic E-state index is 12.6. The monoisotopic (exact) mass is 488 g/mol. The van der Waals surface area contributed by atoms with Crippen molar-refractivity contribution in [3.63, 3.8) is 0 Å². The van der Waals surface area contributed by atoms with Crippen molar-refractivity contribution in [2.45, 2.75) is 5.75 Å². The molecule has 8 nitrogen and oxygen atoms in total. The van der Waals surface area contributed by atoms with Crippen LogP contribution >= 0.6 is 23.5 Å². The summed E-state index contributed by atoms with van der Waals surface area (Å²) in [5, 5.41) is 23.7. The van der Waals surface area contributed by atoms with E-state index in [0.717, 1.165) is 11.3 Å². The summed E-state index contributed by atoms with van der Waals surface area (Å²) >= 11 is 2.79. The van der Waals surface area contributed by atoms with Crippen LogP contribution in [0.25, 0.3) is 17.4 Å². The number of nitrogens with one attached hydrogen (secondary N) is 1. The predicted octanol–water partition coefficient (Wildman–Crippen LogP) is 5.15. The first-order chi connectivity index (χ1) is 16.5. The van der Waals surface area contributed by atoms with Gasteiger partial charge >= 0.3 is 5.97 Å². The van der Waals surface area contributed by atoms with Crippen molar-refractivity contribution in [2.75, 3.05) is 0 Å². The molecule has 0 saturated carbocycles. The van der Waals surface area contributed by atoms with Crippen LogP contribution in [0, 0.1) is 5.41 Å². The lowest BCUT2D eigenvalue weighted by molar-refractivity contribution is -0.114. The zero-order valence-electron chi connectivity index (χ0n) is 17.5. The van der Waals surface area contributed by atoms with Crippen molar-refractivity contribution in [1.82, 2.24) is 5.01 Å². The second-order valence-corrected chi connectivity index (χ2v) is 9.42. The molecule has 10 heteroatoms. The van der Waals surface area contributed by atoms with E-state index in [9.17, 15) is 9.59 Å². The van der Waals surface area contributed by atoms with E-state index in [1.165, 1.54) is 46.7 Å². The third-order valence-corrected chi connectivity index (χ3v) is 7.08. The molecule has 2 aromatic carbocycles. The molecule has 0 saturated heterocycles. The third-order valence-electron chi connectivity index (χ3n) is 4.97. The minimum atomic E-state index is -1.00. The number of furan rings is 1. The van der Waals surface area contributed by atoms with Gasteiger partial charge in [0.1, 0.15) is 11.5 Å². The van der Waals surface area contributed by atoms with Crippen LogP contribution < -0.4 is 0 Å². The minimum Gasteiger partial charge on any atom is -0.478 e. The molecule has 0 unspecified atom stereocenters. The molecule has 0 aliphatic carbocycles. The highest BCUT2D eigenvalue weighted by Gasteiger charge is 2.36. The van der Waals surface area contributed by atoms with Crippen LogP contribution in [-0.4, -0.2) is 37.4 Å². The molecule has 3 aromatic rings. The smallest absolute Gasteiger partial charge is 0.335 e. The van der Waals surface area contributed by atoms with Crippen LogP contribution in [0.2, 0.25) is 0 Å². The first kappa shape index (κ1) is 21.9. The van der Waals surface area contributed by atoms with Gasteiger partial charge in [0.2, 0.25) is 5.17 Å². The van der Waals surface area contributed by atoms with Gasteiger partial charge in [0, 0.05) is 11.3 Å². The predicted molar refractivity (Wildman–Crippen MR) is 134 cm³/mol. The zero-order valence-corrected chi connectivity index (χ0v) is 19.1. The van der Waals surface area contributed by atoms with E-state index < -0.39 is 11.9 Å². The number of aromatic carboxylic acids is 1. The molecule has 168 valence electrons.